The highest BCUT2D eigenvalue weighted by molar-refractivity contribution is 5.85. The number of aromatic nitrogens is 4. The Labute approximate surface area is 126 Å². The van der Waals surface area contributed by atoms with Crippen LogP contribution in [-0.4, -0.2) is 42.5 Å². The molecule has 0 aliphatic rings. The largest absolute Gasteiger partial charge is 0.480 e. The summed E-state index contributed by atoms with van der Waals surface area (Å²) in [4.78, 5) is 35.0. The van der Waals surface area contributed by atoms with Gasteiger partial charge in [0, 0.05) is 0 Å². The molecule has 4 N–H and O–H groups in total. The van der Waals surface area contributed by atoms with Gasteiger partial charge in [0.1, 0.15) is 24.4 Å². The van der Waals surface area contributed by atoms with E-state index in [4.69, 9.17) is 10.8 Å². The fraction of sp³-hybridized carbons (Fsp3) is 0.462. The van der Waals surface area contributed by atoms with Crippen molar-refractivity contribution in [3.63, 3.8) is 0 Å². The summed E-state index contributed by atoms with van der Waals surface area (Å²) in [6, 6.07) is -0.887. The lowest BCUT2D eigenvalue weighted by Crippen LogP contribution is -2.42. The van der Waals surface area contributed by atoms with Gasteiger partial charge < -0.3 is 20.7 Å². The fourth-order valence-corrected chi connectivity index (χ4v) is 2.07. The average molecular weight is 306 g/mol. The van der Waals surface area contributed by atoms with Crippen molar-refractivity contribution in [3.8, 4) is 0 Å². The lowest BCUT2D eigenvalue weighted by molar-refractivity contribution is -0.142. The molecular formula is C13H18N6O3. The van der Waals surface area contributed by atoms with E-state index < -0.39 is 17.9 Å². The number of carbonyl (C=O) groups excluding carboxylic acids is 1. The quantitative estimate of drug-likeness (QED) is 0.663. The molecular weight excluding hydrogens is 288 g/mol. The number of rotatable bonds is 7. The molecule has 0 spiro atoms. The minimum Gasteiger partial charge on any atom is -0.480 e. The molecule has 0 fully saturated rings. The van der Waals surface area contributed by atoms with Gasteiger partial charge in [0.25, 0.3) is 0 Å². The first kappa shape index (κ1) is 15.7. The predicted molar refractivity (Wildman–Crippen MR) is 78.8 cm³/mol. The van der Waals surface area contributed by atoms with Gasteiger partial charge in [-0.3, -0.25) is 4.79 Å². The molecule has 0 bridgehead atoms. The molecule has 0 unspecified atom stereocenters. The van der Waals surface area contributed by atoms with Crippen molar-refractivity contribution in [1.29, 1.82) is 0 Å². The predicted octanol–water partition coefficient (Wildman–Crippen LogP) is 0.168. The second-order valence-electron chi connectivity index (χ2n) is 4.90. The van der Waals surface area contributed by atoms with Crippen LogP contribution in [0.3, 0.4) is 0 Å². The van der Waals surface area contributed by atoms with Gasteiger partial charge in [-0.25, -0.2) is 19.7 Å². The molecule has 0 aromatic carbocycles. The van der Waals surface area contributed by atoms with Crippen molar-refractivity contribution >= 4 is 28.9 Å². The molecule has 1 amide bonds. The van der Waals surface area contributed by atoms with Crippen LogP contribution in [0.5, 0.6) is 0 Å². The number of nitrogens with one attached hydrogen (secondary N) is 1. The molecule has 2 heterocycles. The van der Waals surface area contributed by atoms with Crippen LogP contribution < -0.4 is 11.1 Å². The Bertz CT molecular complexity index is 683. The molecule has 0 saturated heterocycles. The number of carboxylic acids is 1. The third kappa shape index (κ3) is 3.48. The Balaban J connectivity index is 2.07. The lowest BCUT2D eigenvalue weighted by Gasteiger charge is -2.14. The third-order valence-electron chi connectivity index (χ3n) is 3.22. The van der Waals surface area contributed by atoms with Crippen molar-refractivity contribution in [3.05, 3.63) is 12.7 Å². The summed E-state index contributed by atoms with van der Waals surface area (Å²) in [5, 5.41) is 11.6. The van der Waals surface area contributed by atoms with E-state index in [1.54, 1.807) is 0 Å². The molecule has 2 aromatic heterocycles. The van der Waals surface area contributed by atoms with Gasteiger partial charge in [0.15, 0.2) is 11.5 Å². The zero-order valence-corrected chi connectivity index (χ0v) is 12.2. The molecule has 9 heteroatoms. The van der Waals surface area contributed by atoms with E-state index in [1.165, 1.54) is 17.2 Å². The zero-order chi connectivity index (χ0) is 16.1. The lowest BCUT2D eigenvalue weighted by atomic mass is 10.1. The van der Waals surface area contributed by atoms with Crippen molar-refractivity contribution in [2.45, 2.75) is 38.8 Å². The smallest absolute Gasteiger partial charge is 0.326 e. The molecule has 0 aliphatic carbocycles. The topological polar surface area (TPSA) is 136 Å². The number of amides is 1. The highest BCUT2D eigenvalue weighted by atomic mass is 16.4. The Morgan fingerprint density at radius 2 is 2.18 bits per heavy atom. The van der Waals surface area contributed by atoms with Crippen LogP contribution in [-0.2, 0) is 16.1 Å². The summed E-state index contributed by atoms with van der Waals surface area (Å²) in [6.07, 6.45) is 4.71. The summed E-state index contributed by atoms with van der Waals surface area (Å²) in [7, 11) is 0. The summed E-state index contributed by atoms with van der Waals surface area (Å²) in [5.41, 5.74) is 6.52. The normalized spacial score (nSPS) is 12.2. The summed E-state index contributed by atoms with van der Waals surface area (Å²) in [5.74, 6) is -1.22. The van der Waals surface area contributed by atoms with E-state index in [-0.39, 0.29) is 12.4 Å². The average Bonchev–Trinajstić information content (AvgIpc) is 2.88. The van der Waals surface area contributed by atoms with Gasteiger partial charge in [-0.15, -0.1) is 0 Å². The number of aliphatic carboxylic acids is 1. The Morgan fingerprint density at radius 1 is 1.41 bits per heavy atom. The van der Waals surface area contributed by atoms with Gasteiger partial charge in [-0.1, -0.05) is 19.8 Å². The number of carboxylic acid groups (broad SMARTS) is 1. The first-order chi connectivity index (χ1) is 10.5. The zero-order valence-electron chi connectivity index (χ0n) is 12.2. The Morgan fingerprint density at radius 3 is 2.86 bits per heavy atom. The van der Waals surface area contributed by atoms with Crippen LogP contribution in [0.4, 0.5) is 5.82 Å². The van der Waals surface area contributed by atoms with Crippen molar-refractivity contribution < 1.29 is 14.7 Å². The first-order valence-corrected chi connectivity index (χ1v) is 6.96. The molecule has 2 rings (SSSR count). The number of nitrogens with zero attached hydrogens (tertiary/aromatic N) is 4. The second-order valence-corrected chi connectivity index (χ2v) is 4.90. The molecule has 22 heavy (non-hydrogen) atoms. The van der Waals surface area contributed by atoms with Crippen LogP contribution in [0.2, 0.25) is 0 Å². The number of anilines is 1. The number of imidazole rings is 1. The van der Waals surface area contributed by atoms with Crippen LogP contribution in [0.1, 0.15) is 26.2 Å². The highest BCUT2D eigenvalue weighted by Gasteiger charge is 2.20. The van der Waals surface area contributed by atoms with Gasteiger partial charge >= 0.3 is 5.97 Å². The molecule has 9 nitrogen and oxygen atoms in total. The maximum absolute atomic E-state index is 12.0. The van der Waals surface area contributed by atoms with Crippen LogP contribution in [0.25, 0.3) is 11.2 Å². The monoisotopic (exact) mass is 306 g/mol. The van der Waals surface area contributed by atoms with E-state index in [0.29, 0.717) is 17.6 Å². The minimum atomic E-state index is -1.04. The van der Waals surface area contributed by atoms with E-state index in [2.05, 4.69) is 20.3 Å². The van der Waals surface area contributed by atoms with Gasteiger partial charge in [-0.05, 0) is 6.42 Å². The summed E-state index contributed by atoms with van der Waals surface area (Å²) >= 11 is 0. The standard InChI is InChI=1S/C13H18N6O3/c1-2-3-4-8(13(21)22)18-9(20)5-19-7-17-10-11(14)15-6-16-12(10)19/h6-8H,2-5H2,1H3,(H,18,20)(H,21,22)(H2,14,15,16)/t8-/m0/s1. The Kier molecular flexibility index (Phi) is 4.87. The van der Waals surface area contributed by atoms with E-state index in [1.807, 2.05) is 6.92 Å². The molecule has 0 saturated carbocycles. The van der Waals surface area contributed by atoms with Crippen LogP contribution in [0.15, 0.2) is 12.7 Å². The molecule has 0 radical (unpaired) electrons. The fourth-order valence-electron chi connectivity index (χ4n) is 2.07. The highest BCUT2D eigenvalue weighted by Crippen LogP contribution is 2.13. The van der Waals surface area contributed by atoms with Gasteiger partial charge in [0.2, 0.25) is 5.91 Å². The van der Waals surface area contributed by atoms with E-state index in [0.717, 1.165) is 12.8 Å². The van der Waals surface area contributed by atoms with E-state index in [9.17, 15) is 9.59 Å². The second kappa shape index (κ2) is 6.83. The number of hydrogen-bond acceptors (Lipinski definition) is 6. The molecule has 118 valence electrons. The summed E-state index contributed by atoms with van der Waals surface area (Å²) in [6.45, 7) is 1.88. The maximum atomic E-state index is 12.0. The molecule has 1 atom stereocenters. The van der Waals surface area contributed by atoms with Crippen LogP contribution >= 0.6 is 0 Å². The van der Waals surface area contributed by atoms with Gasteiger partial charge in [-0.2, -0.15) is 0 Å². The molecule has 2 aromatic rings. The van der Waals surface area contributed by atoms with Crippen molar-refractivity contribution in [2.24, 2.45) is 0 Å². The van der Waals surface area contributed by atoms with E-state index >= 15 is 0 Å². The number of carbonyl (C=O) groups is 2. The number of nitrogens with two attached hydrogens (primary N) is 1. The minimum absolute atomic E-state index is 0.0805. The maximum Gasteiger partial charge on any atom is 0.326 e. The number of unbranched alkanes of at least 4 members (excludes halogenated alkanes) is 1. The first-order valence-electron chi connectivity index (χ1n) is 6.96. The Hall–Kier alpha value is -2.71. The SMILES string of the molecule is CCCC[C@H](NC(=O)Cn1cnc2c(N)ncnc21)C(=O)O. The van der Waals surface area contributed by atoms with Crippen molar-refractivity contribution in [1.82, 2.24) is 24.8 Å². The van der Waals surface area contributed by atoms with Crippen molar-refractivity contribution in [2.75, 3.05) is 5.73 Å². The number of fused-ring (bicyclic) bond motifs is 1. The number of nitrogen functional groups attached to an aromatic ring is 1. The third-order valence-corrected chi connectivity index (χ3v) is 3.22. The van der Waals surface area contributed by atoms with Crippen LogP contribution in [0, 0.1) is 0 Å². The number of hydrogen-bond donors (Lipinski definition) is 3. The van der Waals surface area contributed by atoms with Gasteiger partial charge in [0.05, 0.1) is 6.33 Å². The summed E-state index contributed by atoms with van der Waals surface area (Å²) < 4.78 is 1.50. The molecule has 0 aliphatic heterocycles.